The van der Waals surface area contributed by atoms with Gasteiger partial charge in [-0.2, -0.15) is 0 Å². The van der Waals surface area contributed by atoms with Gasteiger partial charge in [0.05, 0.1) is 0 Å². The third-order valence-corrected chi connectivity index (χ3v) is 3.51. The minimum absolute atomic E-state index is 0.346. The minimum Gasteiger partial charge on any atom is -0.342 e. The van der Waals surface area contributed by atoms with E-state index in [9.17, 15) is 4.79 Å². The van der Waals surface area contributed by atoms with Gasteiger partial charge in [-0.05, 0) is 37.6 Å². The number of nitrogens with zero attached hydrogens (tertiary/aromatic N) is 1. The number of carbonyl (C=O) groups excluding carboxylic acids is 1. The van der Waals surface area contributed by atoms with Crippen molar-refractivity contribution in [2.24, 2.45) is 17.6 Å². The SMILES string of the molecule is CC(C)CN(CCCN)C(=O)CC1CCCC1. The van der Waals surface area contributed by atoms with E-state index in [4.69, 9.17) is 5.73 Å². The molecule has 1 amide bonds. The first-order chi connectivity index (χ1) is 8.13. The molecule has 3 heteroatoms. The number of hydrogen-bond acceptors (Lipinski definition) is 2. The maximum atomic E-state index is 12.2. The number of rotatable bonds is 7. The van der Waals surface area contributed by atoms with Crippen LogP contribution in [0, 0.1) is 11.8 Å². The highest BCUT2D eigenvalue weighted by Gasteiger charge is 2.22. The van der Waals surface area contributed by atoms with Crippen molar-refractivity contribution < 1.29 is 4.79 Å². The molecule has 0 bridgehead atoms. The van der Waals surface area contributed by atoms with Crippen LogP contribution in [0.2, 0.25) is 0 Å². The Morgan fingerprint density at radius 2 is 2.00 bits per heavy atom. The highest BCUT2D eigenvalue weighted by molar-refractivity contribution is 5.76. The largest absolute Gasteiger partial charge is 0.342 e. The summed E-state index contributed by atoms with van der Waals surface area (Å²) in [6, 6.07) is 0. The molecule has 1 aliphatic rings. The normalized spacial score (nSPS) is 16.7. The molecule has 0 aromatic heterocycles. The van der Waals surface area contributed by atoms with Gasteiger partial charge in [0.25, 0.3) is 0 Å². The van der Waals surface area contributed by atoms with Gasteiger partial charge in [0, 0.05) is 19.5 Å². The maximum absolute atomic E-state index is 12.2. The van der Waals surface area contributed by atoms with E-state index in [1.807, 2.05) is 4.90 Å². The predicted octanol–water partition coefficient (Wildman–Crippen LogP) is 2.40. The summed E-state index contributed by atoms with van der Waals surface area (Å²) in [4.78, 5) is 14.2. The van der Waals surface area contributed by atoms with E-state index in [1.165, 1.54) is 25.7 Å². The predicted molar refractivity (Wildman–Crippen MR) is 71.7 cm³/mol. The topological polar surface area (TPSA) is 46.3 Å². The number of carbonyl (C=O) groups is 1. The van der Waals surface area contributed by atoms with Gasteiger partial charge in [0.1, 0.15) is 0 Å². The van der Waals surface area contributed by atoms with Crippen LogP contribution in [-0.4, -0.2) is 30.4 Å². The zero-order valence-electron chi connectivity index (χ0n) is 11.5. The summed E-state index contributed by atoms with van der Waals surface area (Å²) in [6.45, 7) is 6.72. The molecule has 0 radical (unpaired) electrons. The van der Waals surface area contributed by atoms with E-state index in [1.54, 1.807) is 0 Å². The Labute approximate surface area is 106 Å². The molecule has 0 saturated heterocycles. The molecule has 0 aromatic carbocycles. The van der Waals surface area contributed by atoms with Gasteiger partial charge in [-0.1, -0.05) is 26.7 Å². The van der Waals surface area contributed by atoms with E-state index in [2.05, 4.69) is 13.8 Å². The van der Waals surface area contributed by atoms with Gasteiger partial charge in [-0.15, -0.1) is 0 Å². The Bertz CT molecular complexity index is 222. The molecule has 1 saturated carbocycles. The highest BCUT2D eigenvalue weighted by atomic mass is 16.2. The van der Waals surface area contributed by atoms with Crippen molar-refractivity contribution in [1.29, 1.82) is 0 Å². The quantitative estimate of drug-likeness (QED) is 0.742. The Morgan fingerprint density at radius 3 is 2.53 bits per heavy atom. The third kappa shape index (κ3) is 5.53. The molecule has 0 atom stereocenters. The summed E-state index contributed by atoms with van der Waals surface area (Å²) >= 11 is 0. The lowest BCUT2D eigenvalue weighted by atomic mass is 10.0. The average molecular weight is 240 g/mol. The van der Waals surface area contributed by atoms with Crippen LogP contribution in [-0.2, 0) is 4.79 Å². The molecular weight excluding hydrogens is 212 g/mol. The van der Waals surface area contributed by atoms with Crippen molar-refractivity contribution in [3.63, 3.8) is 0 Å². The molecule has 0 unspecified atom stereocenters. The molecular formula is C14H28N2O. The molecule has 0 aliphatic heterocycles. The maximum Gasteiger partial charge on any atom is 0.222 e. The van der Waals surface area contributed by atoms with Crippen LogP contribution in [0.15, 0.2) is 0 Å². The van der Waals surface area contributed by atoms with Crippen molar-refractivity contribution in [1.82, 2.24) is 4.90 Å². The first kappa shape index (κ1) is 14.5. The van der Waals surface area contributed by atoms with Crippen molar-refractivity contribution in [2.45, 2.75) is 52.4 Å². The van der Waals surface area contributed by atoms with Gasteiger partial charge >= 0.3 is 0 Å². The summed E-state index contributed by atoms with van der Waals surface area (Å²) in [6.07, 6.45) is 6.80. The fourth-order valence-electron chi connectivity index (χ4n) is 2.63. The van der Waals surface area contributed by atoms with Crippen LogP contribution in [0.25, 0.3) is 0 Å². The number of hydrogen-bond donors (Lipinski definition) is 1. The second kappa shape index (κ2) is 7.70. The Hall–Kier alpha value is -0.570. The van der Waals surface area contributed by atoms with Gasteiger partial charge in [0.15, 0.2) is 0 Å². The molecule has 0 aromatic rings. The molecule has 1 aliphatic carbocycles. The zero-order chi connectivity index (χ0) is 12.7. The van der Waals surface area contributed by atoms with Crippen molar-refractivity contribution in [2.75, 3.05) is 19.6 Å². The van der Waals surface area contributed by atoms with E-state index in [0.717, 1.165) is 25.9 Å². The van der Waals surface area contributed by atoms with Crippen molar-refractivity contribution >= 4 is 5.91 Å². The molecule has 1 fully saturated rings. The summed E-state index contributed by atoms with van der Waals surface area (Å²) in [7, 11) is 0. The second-order valence-corrected chi connectivity index (χ2v) is 5.73. The second-order valence-electron chi connectivity index (χ2n) is 5.73. The monoisotopic (exact) mass is 240 g/mol. The van der Waals surface area contributed by atoms with Crippen LogP contribution in [0.4, 0.5) is 0 Å². The Morgan fingerprint density at radius 1 is 1.35 bits per heavy atom. The van der Waals surface area contributed by atoms with Crippen LogP contribution >= 0.6 is 0 Å². The van der Waals surface area contributed by atoms with Gasteiger partial charge in [0.2, 0.25) is 5.91 Å². The molecule has 3 nitrogen and oxygen atoms in total. The number of nitrogens with two attached hydrogens (primary N) is 1. The third-order valence-electron chi connectivity index (χ3n) is 3.51. The smallest absolute Gasteiger partial charge is 0.222 e. The van der Waals surface area contributed by atoms with Crippen LogP contribution in [0.5, 0.6) is 0 Å². The van der Waals surface area contributed by atoms with E-state index < -0.39 is 0 Å². The highest BCUT2D eigenvalue weighted by Crippen LogP contribution is 2.28. The number of amides is 1. The van der Waals surface area contributed by atoms with E-state index in [0.29, 0.717) is 24.3 Å². The van der Waals surface area contributed by atoms with Crippen LogP contribution < -0.4 is 5.73 Å². The van der Waals surface area contributed by atoms with Gasteiger partial charge in [-0.3, -0.25) is 4.79 Å². The lowest BCUT2D eigenvalue weighted by molar-refractivity contribution is -0.132. The van der Waals surface area contributed by atoms with Crippen LogP contribution in [0.1, 0.15) is 52.4 Å². The molecule has 0 heterocycles. The lowest BCUT2D eigenvalue weighted by Crippen LogP contribution is -2.36. The first-order valence-corrected chi connectivity index (χ1v) is 7.11. The van der Waals surface area contributed by atoms with E-state index in [-0.39, 0.29) is 0 Å². The standard InChI is InChI=1S/C14H28N2O/c1-12(2)11-16(9-5-8-15)14(17)10-13-6-3-4-7-13/h12-13H,3-11,15H2,1-2H3. The summed E-state index contributed by atoms with van der Waals surface area (Å²) in [5.74, 6) is 1.54. The zero-order valence-corrected chi connectivity index (χ0v) is 11.5. The molecule has 0 spiro atoms. The summed E-state index contributed by atoms with van der Waals surface area (Å²) in [5.41, 5.74) is 5.53. The molecule has 1 rings (SSSR count). The fraction of sp³-hybridized carbons (Fsp3) is 0.929. The summed E-state index contributed by atoms with van der Waals surface area (Å²) in [5, 5.41) is 0. The summed E-state index contributed by atoms with van der Waals surface area (Å²) < 4.78 is 0. The lowest BCUT2D eigenvalue weighted by Gasteiger charge is -2.25. The van der Waals surface area contributed by atoms with Crippen molar-refractivity contribution in [3.8, 4) is 0 Å². The molecule has 2 N–H and O–H groups in total. The fourth-order valence-corrected chi connectivity index (χ4v) is 2.63. The first-order valence-electron chi connectivity index (χ1n) is 7.11. The van der Waals surface area contributed by atoms with E-state index >= 15 is 0 Å². The Balaban J connectivity index is 2.39. The van der Waals surface area contributed by atoms with Gasteiger partial charge in [-0.25, -0.2) is 0 Å². The molecule has 17 heavy (non-hydrogen) atoms. The molecule has 100 valence electrons. The average Bonchev–Trinajstić information content (AvgIpc) is 2.76. The Kier molecular flexibility index (Phi) is 6.56. The van der Waals surface area contributed by atoms with Crippen LogP contribution in [0.3, 0.4) is 0 Å². The van der Waals surface area contributed by atoms with Gasteiger partial charge < -0.3 is 10.6 Å². The van der Waals surface area contributed by atoms with Crippen molar-refractivity contribution in [3.05, 3.63) is 0 Å². The minimum atomic E-state index is 0.346.